The lowest BCUT2D eigenvalue weighted by molar-refractivity contribution is -0.652. The van der Waals surface area contributed by atoms with E-state index in [4.69, 9.17) is 0 Å². The van der Waals surface area contributed by atoms with Crippen molar-refractivity contribution in [3.63, 3.8) is 0 Å². The fourth-order valence-corrected chi connectivity index (χ4v) is 2.29. The highest BCUT2D eigenvalue weighted by Crippen LogP contribution is 2.21. The summed E-state index contributed by atoms with van der Waals surface area (Å²) in [4.78, 5) is 0. The Hall–Kier alpha value is -1.35. The predicted molar refractivity (Wildman–Crippen MR) is 64.7 cm³/mol. The van der Waals surface area contributed by atoms with Crippen LogP contribution in [0, 0.1) is 13.8 Å². The van der Waals surface area contributed by atoms with Crippen LogP contribution in [0.1, 0.15) is 11.1 Å². The van der Waals surface area contributed by atoms with Gasteiger partial charge in [0.1, 0.15) is 11.9 Å². The van der Waals surface area contributed by atoms with E-state index in [0.29, 0.717) is 0 Å². The van der Waals surface area contributed by atoms with Gasteiger partial charge < -0.3 is 0 Å². The van der Waals surface area contributed by atoms with Crippen molar-refractivity contribution in [1.29, 1.82) is 0 Å². The monoisotopic (exact) mass is 219 g/mol. The maximum Gasteiger partial charge on any atom is 0.338 e. The predicted octanol–water partition coefficient (Wildman–Crippen LogP) is 2.93. The highest BCUT2D eigenvalue weighted by Gasteiger charge is 2.09. The summed E-state index contributed by atoms with van der Waals surface area (Å²) in [5, 5.41) is 6.66. The minimum absolute atomic E-state index is 1.15. The number of aryl methyl sites for hydroxylation is 3. The fraction of sp³-hybridized carbons (Fsp3) is 0.250. The van der Waals surface area contributed by atoms with Crippen LogP contribution in [0.5, 0.6) is 0 Å². The van der Waals surface area contributed by atoms with Crippen LogP contribution in [0.4, 0.5) is 10.8 Å². The summed E-state index contributed by atoms with van der Waals surface area (Å²) in [6, 6.07) is 6.45. The van der Waals surface area contributed by atoms with Crippen LogP contribution >= 0.6 is 11.3 Å². The Labute approximate surface area is 94.2 Å². The number of hydrogen-bond acceptors (Lipinski definition) is 2. The van der Waals surface area contributed by atoms with Crippen molar-refractivity contribution in [3.05, 3.63) is 40.9 Å². The smallest absolute Gasteiger partial charge is 0.231 e. The number of hydrogen-bond donors (Lipinski definition) is 1. The number of rotatable bonds is 2. The number of aromatic nitrogens is 1. The van der Waals surface area contributed by atoms with Crippen LogP contribution < -0.4 is 9.88 Å². The first kappa shape index (κ1) is 10.2. The molecule has 0 saturated carbocycles. The quantitative estimate of drug-likeness (QED) is 0.768. The van der Waals surface area contributed by atoms with Crippen molar-refractivity contribution in [1.82, 2.24) is 0 Å². The Morgan fingerprint density at radius 3 is 2.67 bits per heavy atom. The van der Waals surface area contributed by atoms with Crippen molar-refractivity contribution >= 4 is 22.2 Å². The molecule has 0 amide bonds. The van der Waals surface area contributed by atoms with E-state index >= 15 is 0 Å². The van der Waals surface area contributed by atoms with Crippen molar-refractivity contribution in [2.24, 2.45) is 7.05 Å². The van der Waals surface area contributed by atoms with Crippen molar-refractivity contribution in [2.75, 3.05) is 5.32 Å². The summed E-state index contributed by atoms with van der Waals surface area (Å²) in [5.74, 6) is 0. The van der Waals surface area contributed by atoms with E-state index < -0.39 is 0 Å². The van der Waals surface area contributed by atoms with Gasteiger partial charge in [-0.05, 0) is 25.5 Å². The second-order valence-electron chi connectivity index (χ2n) is 3.76. The molecule has 0 atom stereocenters. The molecule has 0 fully saturated rings. The third kappa shape index (κ3) is 2.18. The van der Waals surface area contributed by atoms with E-state index in [0.717, 1.165) is 5.13 Å². The van der Waals surface area contributed by atoms with Crippen molar-refractivity contribution in [2.45, 2.75) is 13.8 Å². The second kappa shape index (κ2) is 4.03. The number of nitrogens with zero attached hydrogens (tertiary/aromatic N) is 1. The zero-order chi connectivity index (χ0) is 10.8. The molecule has 3 heteroatoms. The SMILES string of the molecule is Cc1ccc(Nc2scc[n+]2C)c(C)c1. The number of nitrogens with one attached hydrogen (secondary N) is 1. The molecule has 2 rings (SSSR count). The van der Waals surface area contributed by atoms with Crippen LogP contribution in [0.15, 0.2) is 29.8 Å². The van der Waals surface area contributed by atoms with Crippen LogP contribution in [0.2, 0.25) is 0 Å². The molecule has 2 aromatic rings. The third-order valence-electron chi connectivity index (χ3n) is 2.41. The van der Waals surface area contributed by atoms with E-state index in [1.54, 1.807) is 11.3 Å². The molecule has 0 radical (unpaired) electrons. The molecule has 2 nitrogen and oxygen atoms in total. The molecular formula is C12H15N2S+. The van der Waals surface area contributed by atoms with Gasteiger partial charge in [-0.2, -0.15) is 0 Å². The average molecular weight is 219 g/mol. The van der Waals surface area contributed by atoms with Gasteiger partial charge in [0, 0.05) is 5.38 Å². The normalized spacial score (nSPS) is 10.3. The minimum atomic E-state index is 1.15. The van der Waals surface area contributed by atoms with Gasteiger partial charge in [-0.1, -0.05) is 29.0 Å². The average Bonchev–Trinajstić information content (AvgIpc) is 2.57. The molecule has 0 bridgehead atoms. The molecule has 0 saturated heterocycles. The van der Waals surface area contributed by atoms with Gasteiger partial charge in [-0.15, -0.1) is 0 Å². The van der Waals surface area contributed by atoms with E-state index in [1.165, 1.54) is 16.8 Å². The van der Waals surface area contributed by atoms with Crippen LogP contribution in [0.25, 0.3) is 0 Å². The minimum Gasteiger partial charge on any atom is -0.231 e. The Morgan fingerprint density at radius 1 is 1.27 bits per heavy atom. The van der Waals surface area contributed by atoms with Gasteiger partial charge in [0.05, 0.1) is 7.05 Å². The van der Waals surface area contributed by atoms with E-state index in [1.807, 2.05) is 7.05 Å². The first-order valence-corrected chi connectivity index (χ1v) is 5.82. The summed E-state index contributed by atoms with van der Waals surface area (Å²) in [6.07, 6.45) is 2.05. The van der Waals surface area contributed by atoms with Gasteiger partial charge >= 0.3 is 5.13 Å². The zero-order valence-corrected chi connectivity index (χ0v) is 10.1. The molecule has 1 aromatic heterocycles. The molecule has 15 heavy (non-hydrogen) atoms. The van der Waals surface area contributed by atoms with Crippen LogP contribution in [-0.2, 0) is 7.05 Å². The first-order chi connectivity index (χ1) is 7.16. The summed E-state index contributed by atoms with van der Waals surface area (Å²) in [6.45, 7) is 4.24. The highest BCUT2D eigenvalue weighted by atomic mass is 32.1. The largest absolute Gasteiger partial charge is 0.338 e. The summed E-state index contributed by atoms with van der Waals surface area (Å²) >= 11 is 1.71. The molecule has 0 aliphatic rings. The van der Waals surface area contributed by atoms with Gasteiger partial charge in [0.15, 0.2) is 0 Å². The molecule has 1 aromatic carbocycles. The van der Waals surface area contributed by atoms with E-state index in [2.05, 4.69) is 53.5 Å². The Kier molecular flexibility index (Phi) is 2.73. The van der Waals surface area contributed by atoms with Gasteiger partial charge in [0.2, 0.25) is 0 Å². The molecule has 1 heterocycles. The molecule has 0 spiro atoms. The van der Waals surface area contributed by atoms with Gasteiger partial charge in [0.25, 0.3) is 0 Å². The summed E-state index contributed by atoms with van der Waals surface area (Å²) in [5.41, 5.74) is 3.76. The maximum atomic E-state index is 3.43. The molecule has 0 aliphatic heterocycles. The third-order valence-corrected chi connectivity index (χ3v) is 3.28. The lowest BCUT2D eigenvalue weighted by atomic mass is 10.1. The topological polar surface area (TPSA) is 15.9 Å². The molecular weight excluding hydrogens is 204 g/mol. The van der Waals surface area contributed by atoms with Gasteiger partial charge in [-0.25, -0.2) is 9.88 Å². The van der Waals surface area contributed by atoms with Crippen molar-refractivity contribution in [3.8, 4) is 0 Å². The summed E-state index contributed by atoms with van der Waals surface area (Å²) < 4.78 is 2.09. The Morgan fingerprint density at radius 2 is 2.07 bits per heavy atom. The fourth-order valence-electron chi connectivity index (χ4n) is 1.52. The maximum absolute atomic E-state index is 3.43. The molecule has 1 N–H and O–H groups in total. The zero-order valence-electron chi connectivity index (χ0n) is 9.24. The van der Waals surface area contributed by atoms with E-state index in [-0.39, 0.29) is 0 Å². The number of benzene rings is 1. The lowest BCUT2D eigenvalue weighted by Gasteiger charge is -2.03. The highest BCUT2D eigenvalue weighted by molar-refractivity contribution is 7.13. The second-order valence-corrected chi connectivity index (χ2v) is 4.66. The van der Waals surface area contributed by atoms with Crippen LogP contribution in [0.3, 0.4) is 0 Å². The number of thiazole rings is 1. The van der Waals surface area contributed by atoms with Crippen LogP contribution in [-0.4, -0.2) is 0 Å². The molecule has 0 unspecified atom stereocenters. The molecule has 0 aliphatic carbocycles. The Bertz CT molecular complexity index is 474. The lowest BCUT2D eigenvalue weighted by Crippen LogP contribution is -2.27. The van der Waals surface area contributed by atoms with E-state index in [9.17, 15) is 0 Å². The Balaban J connectivity index is 2.29. The summed E-state index contributed by atoms with van der Waals surface area (Å²) in [7, 11) is 2.04. The first-order valence-electron chi connectivity index (χ1n) is 4.94. The number of anilines is 2. The van der Waals surface area contributed by atoms with Crippen molar-refractivity contribution < 1.29 is 4.57 Å². The van der Waals surface area contributed by atoms with Gasteiger partial charge in [-0.3, -0.25) is 0 Å². The molecule has 78 valence electrons. The standard InChI is InChI=1S/C12H14N2S/c1-9-4-5-11(10(2)8-9)13-12-14(3)6-7-15-12/h4-8H,1-3H3/p+1.